The highest BCUT2D eigenvalue weighted by Gasteiger charge is 2.22. The van der Waals surface area contributed by atoms with Gasteiger partial charge in [-0.2, -0.15) is 5.10 Å². The predicted octanol–water partition coefficient (Wildman–Crippen LogP) is 2.16. The van der Waals surface area contributed by atoms with Crippen molar-refractivity contribution in [1.29, 1.82) is 0 Å². The van der Waals surface area contributed by atoms with Crippen LogP contribution in [0.2, 0.25) is 0 Å². The van der Waals surface area contributed by atoms with E-state index in [0.717, 1.165) is 0 Å². The molecule has 0 fully saturated rings. The monoisotopic (exact) mass is 265 g/mol. The third-order valence-electron chi connectivity index (χ3n) is 1.65. The average Bonchev–Trinajstić information content (AvgIpc) is 2.71. The van der Waals surface area contributed by atoms with Crippen LogP contribution in [-0.2, 0) is 13.6 Å². The first-order valence-electron chi connectivity index (χ1n) is 5.06. The van der Waals surface area contributed by atoms with Crippen molar-refractivity contribution in [3.63, 3.8) is 0 Å². The summed E-state index contributed by atoms with van der Waals surface area (Å²) in [5.74, 6) is 0.618. The van der Waals surface area contributed by atoms with E-state index >= 15 is 0 Å². The summed E-state index contributed by atoms with van der Waals surface area (Å²) in [4.78, 5) is 3.95. The molecule has 92 valence electrons. The van der Waals surface area contributed by atoms with E-state index in [1.54, 1.807) is 13.8 Å². The van der Waals surface area contributed by atoms with Crippen LogP contribution in [0.4, 0.5) is 0 Å². The van der Waals surface area contributed by atoms with E-state index in [2.05, 4.69) is 15.2 Å². The highest BCUT2D eigenvalue weighted by molar-refractivity contribution is 7.99. The summed E-state index contributed by atoms with van der Waals surface area (Å²) >= 11 is 1.44. The van der Waals surface area contributed by atoms with Crippen LogP contribution in [-0.4, -0.2) is 40.3 Å². The number of H-pyrrole nitrogens is 1. The van der Waals surface area contributed by atoms with E-state index in [1.807, 2.05) is 0 Å². The molecule has 1 N–H and O–H groups in total. The summed E-state index contributed by atoms with van der Waals surface area (Å²) in [6.45, 7) is 4.39. The van der Waals surface area contributed by atoms with Gasteiger partial charge in [-0.1, -0.05) is 11.8 Å². The van der Waals surface area contributed by atoms with Crippen LogP contribution in [0.15, 0.2) is 11.5 Å². The molecule has 0 bridgehead atoms. The van der Waals surface area contributed by atoms with Gasteiger partial charge in [0.25, 0.3) is 0 Å². The number of nitrogens with zero attached hydrogens (tertiary/aromatic N) is 2. The van der Waals surface area contributed by atoms with Crippen LogP contribution in [0, 0.1) is 0 Å². The summed E-state index contributed by atoms with van der Waals surface area (Å²) in [6.07, 6.45) is 1.81. The van der Waals surface area contributed by atoms with E-state index in [9.17, 15) is 4.57 Å². The lowest BCUT2D eigenvalue weighted by molar-refractivity contribution is 0.221. The fourth-order valence-corrected chi connectivity index (χ4v) is 3.89. The Kier molecular flexibility index (Phi) is 6.05. The second kappa shape index (κ2) is 7.06. The molecule has 0 aromatic carbocycles. The molecule has 1 aromatic rings. The first-order chi connectivity index (χ1) is 7.70. The lowest BCUT2D eigenvalue weighted by Crippen LogP contribution is -2.02. The smallest absolute Gasteiger partial charge is 0.309 e. The van der Waals surface area contributed by atoms with Crippen molar-refractivity contribution in [1.82, 2.24) is 15.2 Å². The molecule has 0 aliphatic heterocycles. The molecule has 0 saturated heterocycles. The van der Waals surface area contributed by atoms with Crippen LogP contribution >= 0.6 is 19.4 Å². The number of rotatable bonds is 8. The molecule has 0 aliphatic rings. The van der Waals surface area contributed by atoms with Gasteiger partial charge in [-0.05, 0) is 13.8 Å². The maximum Gasteiger partial charge on any atom is 0.331 e. The maximum atomic E-state index is 12.0. The van der Waals surface area contributed by atoms with E-state index in [1.165, 1.54) is 18.1 Å². The van der Waals surface area contributed by atoms with Crippen LogP contribution in [0.3, 0.4) is 0 Å². The third-order valence-corrected chi connectivity index (χ3v) is 4.90. The molecule has 0 aliphatic carbocycles. The minimum Gasteiger partial charge on any atom is -0.309 e. The molecule has 0 saturated carbocycles. The topological polar surface area (TPSA) is 77.1 Å². The van der Waals surface area contributed by atoms with Crippen molar-refractivity contribution in [2.24, 2.45) is 0 Å². The number of aromatic nitrogens is 3. The van der Waals surface area contributed by atoms with Crippen molar-refractivity contribution in [2.45, 2.75) is 19.0 Å². The van der Waals surface area contributed by atoms with Crippen molar-refractivity contribution >= 4 is 19.4 Å². The van der Waals surface area contributed by atoms with Crippen LogP contribution in [0.1, 0.15) is 13.8 Å². The zero-order valence-electron chi connectivity index (χ0n) is 9.38. The Labute approximate surface area is 99.1 Å². The van der Waals surface area contributed by atoms with E-state index in [0.29, 0.717) is 30.3 Å². The van der Waals surface area contributed by atoms with Gasteiger partial charge in [0, 0.05) is 5.75 Å². The van der Waals surface area contributed by atoms with Gasteiger partial charge in [-0.3, -0.25) is 9.66 Å². The predicted molar refractivity (Wildman–Crippen MR) is 62.8 cm³/mol. The largest absolute Gasteiger partial charge is 0.331 e. The molecule has 1 heterocycles. The average molecular weight is 265 g/mol. The molecule has 0 radical (unpaired) electrons. The molecule has 6 nitrogen and oxygen atoms in total. The Hall–Kier alpha value is -0.360. The highest BCUT2D eigenvalue weighted by atomic mass is 32.2. The van der Waals surface area contributed by atoms with Crippen molar-refractivity contribution in [3.05, 3.63) is 6.33 Å². The van der Waals surface area contributed by atoms with Gasteiger partial charge in [0.2, 0.25) is 0 Å². The summed E-state index contributed by atoms with van der Waals surface area (Å²) < 4.78 is 22.4. The number of thioether (sulfide) groups is 1. The Bertz CT molecular complexity index is 323. The number of hydrogen-bond acceptors (Lipinski definition) is 6. The van der Waals surface area contributed by atoms with Crippen LogP contribution < -0.4 is 0 Å². The lowest BCUT2D eigenvalue weighted by atomic mass is 10.9. The number of nitrogens with one attached hydrogen (secondary N) is 1. The summed E-state index contributed by atoms with van der Waals surface area (Å²) in [5.41, 5.74) is 0. The maximum absolute atomic E-state index is 12.0. The first-order valence-corrected chi connectivity index (χ1v) is 7.78. The molecule has 0 atom stereocenters. The fourth-order valence-electron chi connectivity index (χ4n) is 1.08. The molecule has 1 aromatic heterocycles. The number of aromatic amines is 1. The molecule has 0 spiro atoms. The van der Waals surface area contributed by atoms with Crippen molar-refractivity contribution < 1.29 is 13.6 Å². The summed E-state index contributed by atoms with van der Waals surface area (Å²) in [7, 11) is -2.92. The Morgan fingerprint density at radius 1 is 1.44 bits per heavy atom. The van der Waals surface area contributed by atoms with E-state index < -0.39 is 7.60 Å². The van der Waals surface area contributed by atoms with Crippen molar-refractivity contribution in [2.75, 3.05) is 25.1 Å². The normalized spacial score (nSPS) is 11.9. The second-order valence-corrected chi connectivity index (χ2v) is 6.08. The Balaban J connectivity index is 2.35. The number of hydrogen-bond donors (Lipinski definition) is 1. The third kappa shape index (κ3) is 4.65. The first kappa shape index (κ1) is 13.7. The Morgan fingerprint density at radius 3 is 2.62 bits per heavy atom. The SMILES string of the molecule is CCOP(=O)(CCSc1ncn[nH]1)OCC. The van der Waals surface area contributed by atoms with E-state index in [-0.39, 0.29) is 0 Å². The second-order valence-electron chi connectivity index (χ2n) is 2.81. The standard InChI is InChI=1S/C8H16N3O3PS/c1-3-13-15(12,14-4-2)5-6-16-8-9-7-10-11-8/h7H,3-6H2,1-2H3,(H,9,10,11). The molecular formula is C8H16N3O3PS. The molecule has 1 rings (SSSR count). The minimum atomic E-state index is -2.92. The van der Waals surface area contributed by atoms with Gasteiger partial charge in [0.15, 0.2) is 5.16 Å². The van der Waals surface area contributed by atoms with Crippen LogP contribution in [0.25, 0.3) is 0 Å². The fraction of sp³-hybridized carbons (Fsp3) is 0.750. The molecular weight excluding hydrogens is 249 g/mol. The molecule has 0 amide bonds. The van der Waals surface area contributed by atoms with Gasteiger partial charge in [-0.15, -0.1) is 0 Å². The van der Waals surface area contributed by atoms with Gasteiger partial charge >= 0.3 is 7.60 Å². The minimum absolute atomic E-state index is 0.375. The van der Waals surface area contributed by atoms with Crippen molar-refractivity contribution in [3.8, 4) is 0 Å². The van der Waals surface area contributed by atoms with Gasteiger partial charge in [-0.25, -0.2) is 4.98 Å². The zero-order valence-corrected chi connectivity index (χ0v) is 11.1. The quantitative estimate of drug-likeness (QED) is 0.573. The summed E-state index contributed by atoms with van der Waals surface area (Å²) in [6, 6.07) is 0. The van der Waals surface area contributed by atoms with Crippen LogP contribution in [0.5, 0.6) is 0 Å². The van der Waals surface area contributed by atoms with Gasteiger partial charge in [0.1, 0.15) is 6.33 Å². The Morgan fingerprint density at radius 2 is 2.12 bits per heavy atom. The zero-order chi connectivity index (χ0) is 11.9. The molecule has 8 heteroatoms. The van der Waals surface area contributed by atoms with Gasteiger partial charge < -0.3 is 9.05 Å². The highest BCUT2D eigenvalue weighted by Crippen LogP contribution is 2.48. The summed E-state index contributed by atoms with van der Waals surface area (Å²) in [5, 5.41) is 7.15. The molecule has 0 unspecified atom stereocenters. The molecule has 16 heavy (non-hydrogen) atoms. The van der Waals surface area contributed by atoms with E-state index in [4.69, 9.17) is 9.05 Å². The van der Waals surface area contributed by atoms with Gasteiger partial charge in [0.05, 0.1) is 19.4 Å². The lowest BCUT2D eigenvalue weighted by Gasteiger charge is -2.16.